The van der Waals surface area contributed by atoms with E-state index in [0.717, 1.165) is 29.9 Å². The van der Waals surface area contributed by atoms with Gasteiger partial charge in [-0.3, -0.25) is 0 Å². The van der Waals surface area contributed by atoms with Gasteiger partial charge < -0.3 is 5.09 Å². The molecule has 0 aromatic heterocycles. The van der Waals surface area contributed by atoms with Crippen LogP contribution in [0.4, 0.5) is 5.69 Å². The molecule has 186 valence electrons. The summed E-state index contributed by atoms with van der Waals surface area (Å²) in [5.41, 5.74) is 5.99. The predicted molar refractivity (Wildman–Crippen MR) is 159 cm³/mol. The first-order valence-electron chi connectivity index (χ1n) is 13.0. The second kappa shape index (κ2) is 11.4. The lowest BCUT2D eigenvalue weighted by Gasteiger charge is -2.28. The average molecular weight is 495 g/mol. The van der Waals surface area contributed by atoms with Crippen molar-refractivity contribution in [3.8, 4) is 0 Å². The van der Waals surface area contributed by atoms with Crippen molar-refractivity contribution in [2.75, 3.05) is 0 Å². The van der Waals surface area contributed by atoms with Crippen molar-refractivity contribution in [2.45, 2.75) is 59.8 Å². The molecule has 2 nitrogen and oxygen atoms in total. The van der Waals surface area contributed by atoms with Crippen LogP contribution in [0.15, 0.2) is 101 Å². The fourth-order valence-corrected chi connectivity index (χ4v) is 6.65. The summed E-state index contributed by atoms with van der Waals surface area (Å²) in [5.74, 6) is 1.52. The Morgan fingerprint density at radius 3 is 2.19 bits per heavy atom. The normalized spacial score (nSPS) is 17.0. The molecule has 0 radical (unpaired) electrons. The molecule has 3 aromatic carbocycles. The van der Waals surface area contributed by atoms with E-state index >= 15 is 0 Å². The fourth-order valence-electron chi connectivity index (χ4n) is 4.54. The summed E-state index contributed by atoms with van der Waals surface area (Å²) in [4.78, 5) is 5.30. The molecule has 3 aromatic rings. The Morgan fingerprint density at radius 1 is 0.917 bits per heavy atom. The minimum absolute atomic E-state index is 0.112. The largest absolute Gasteiger partial charge is 0.341 e. The maximum atomic E-state index is 5.30. The van der Waals surface area contributed by atoms with E-state index in [1.165, 1.54) is 27.3 Å². The molecule has 0 aliphatic heterocycles. The molecule has 0 amide bonds. The molecule has 0 spiro atoms. The summed E-state index contributed by atoms with van der Waals surface area (Å²) in [6.45, 7) is 13.3. The Labute approximate surface area is 219 Å². The smallest absolute Gasteiger partial charge is 0.137 e. The number of aryl methyl sites for hydroxylation is 2. The van der Waals surface area contributed by atoms with Gasteiger partial charge >= 0.3 is 0 Å². The van der Waals surface area contributed by atoms with Crippen molar-refractivity contribution in [1.29, 1.82) is 0 Å². The van der Waals surface area contributed by atoms with Gasteiger partial charge in [0.25, 0.3) is 0 Å². The van der Waals surface area contributed by atoms with Gasteiger partial charge in [0.15, 0.2) is 0 Å². The summed E-state index contributed by atoms with van der Waals surface area (Å²) < 4.78 is 0. The molecule has 0 bridgehead atoms. The number of hydrogen-bond donors (Lipinski definition) is 1. The molecular weight excluding hydrogens is 455 g/mol. The van der Waals surface area contributed by atoms with Crippen LogP contribution in [-0.4, -0.2) is 5.84 Å². The van der Waals surface area contributed by atoms with E-state index in [4.69, 9.17) is 4.99 Å². The van der Waals surface area contributed by atoms with Crippen molar-refractivity contribution in [3.05, 3.63) is 119 Å². The molecule has 36 heavy (non-hydrogen) atoms. The van der Waals surface area contributed by atoms with E-state index < -0.39 is 8.07 Å². The van der Waals surface area contributed by atoms with E-state index in [1.54, 1.807) is 0 Å². The Bertz CT molecular complexity index is 1240. The number of nitrogens with zero attached hydrogens (tertiary/aromatic N) is 1. The minimum atomic E-state index is -0.786. The zero-order valence-electron chi connectivity index (χ0n) is 22.5. The van der Waals surface area contributed by atoms with Gasteiger partial charge in [-0.2, -0.15) is 0 Å². The number of rotatable bonds is 6. The van der Waals surface area contributed by atoms with Crippen LogP contribution in [0.2, 0.25) is 0 Å². The second-order valence-corrected chi connectivity index (χ2v) is 12.7. The highest BCUT2D eigenvalue weighted by atomic mass is 31.1. The minimum Gasteiger partial charge on any atom is -0.341 e. The van der Waals surface area contributed by atoms with E-state index in [9.17, 15) is 0 Å². The van der Waals surface area contributed by atoms with Crippen molar-refractivity contribution in [1.82, 2.24) is 5.09 Å². The van der Waals surface area contributed by atoms with Crippen molar-refractivity contribution in [2.24, 2.45) is 10.9 Å². The van der Waals surface area contributed by atoms with Gasteiger partial charge in [0.2, 0.25) is 0 Å². The third kappa shape index (κ3) is 6.23. The topological polar surface area (TPSA) is 24.4 Å². The lowest BCUT2D eigenvalue weighted by molar-refractivity contribution is 0.590. The van der Waals surface area contributed by atoms with Crippen LogP contribution in [0.5, 0.6) is 0 Å². The summed E-state index contributed by atoms with van der Waals surface area (Å²) in [7, 11) is -0.786. The first kappa shape index (κ1) is 26.1. The number of amidine groups is 1. The van der Waals surface area contributed by atoms with Gasteiger partial charge in [-0.05, 0) is 65.3 Å². The zero-order chi connectivity index (χ0) is 25.7. The van der Waals surface area contributed by atoms with Crippen LogP contribution in [0, 0.1) is 19.8 Å². The number of nitrogens with one attached hydrogen (secondary N) is 1. The van der Waals surface area contributed by atoms with Gasteiger partial charge in [0, 0.05) is 13.6 Å². The van der Waals surface area contributed by atoms with Crippen molar-refractivity contribution >= 4 is 24.9 Å². The lowest BCUT2D eigenvalue weighted by Crippen LogP contribution is -2.26. The molecule has 0 saturated carbocycles. The van der Waals surface area contributed by atoms with Crippen LogP contribution < -0.4 is 10.4 Å². The fraction of sp³-hybridized carbons (Fsp3) is 0.303. The highest BCUT2D eigenvalue weighted by Crippen LogP contribution is 2.46. The number of benzene rings is 3. The Morgan fingerprint density at radius 2 is 1.58 bits per heavy atom. The third-order valence-electron chi connectivity index (χ3n) is 6.87. The standard InChI is InChI=1S/C33H39N2P/c1-7-26-15-12-18-30(23-26)36(29-16-9-8-10-17-29)35-32(34-31-24(2)13-11-14-25(31)3)27-19-21-28(22-20-27)33(4,5)6/h8-22,26H,7,23H2,1-6H3,(H,34,35). The SMILES string of the molecule is CCC1C=CC=C(P(N/C(=N/c2c(C)cccc2C)c2ccc(C(C)(C)C)cc2)c2ccccc2)C1. The third-order valence-corrected chi connectivity index (χ3v) is 9.03. The van der Waals surface area contributed by atoms with E-state index in [0.29, 0.717) is 5.92 Å². The summed E-state index contributed by atoms with van der Waals surface area (Å²) in [6.07, 6.45) is 9.15. The predicted octanol–water partition coefficient (Wildman–Crippen LogP) is 8.86. The molecule has 1 aliphatic carbocycles. The first-order valence-corrected chi connectivity index (χ1v) is 14.4. The quantitative estimate of drug-likeness (QED) is 0.207. The summed E-state index contributed by atoms with van der Waals surface area (Å²) in [6, 6.07) is 26.2. The van der Waals surface area contributed by atoms with Gasteiger partial charge in [-0.25, -0.2) is 4.99 Å². The number of para-hydroxylation sites is 1. The number of allylic oxidation sites excluding steroid dienone is 4. The van der Waals surface area contributed by atoms with Crippen LogP contribution in [0.1, 0.15) is 62.8 Å². The summed E-state index contributed by atoms with van der Waals surface area (Å²) >= 11 is 0. The molecule has 0 heterocycles. The molecule has 1 N–H and O–H groups in total. The Kier molecular flexibility index (Phi) is 8.27. The van der Waals surface area contributed by atoms with E-state index in [-0.39, 0.29) is 5.41 Å². The van der Waals surface area contributed by atoms with Crippen LogP contribution in [-0.2, 0) is 5.41 Å². The molecule has 4 rings (SSSR count). The molecule has 0 saturated heterocycles. The van der Waals surface area contributed by atoms with E-state index in [1.807, 2.05) is 0 Å². The van der Waals surface area contributed by atoms with Crippen molar-refractivity contribution in [3.63, 3.8) is 0 Å². The average Bonchev–Trinajstić information content (AvgIpc) is 2.88. The molecular formula is C33H39N2P. The Balaban J connectivity index is 1.82. The van der Waals surface area contributed by atoms with E-state index in [2.05, 4.69) is 138 Å². The molecule has 1 aliphatic rings. The zero-order valence-corrected chi connectivity index (χ0v) is 23.4. The number of aliphatic imine (C=N–C) groups is 1. The highest BCUT2D eigenvalue weighted by molar-refractivity contribution is 7.68. The first-order chi connectivity index (χ1) is 17.3. The second-order valence-electron chi connectivity index (χ2n) is 10.7. The van der Waals surface area contributed by atoms with Crippen molar-refractivity contribution < 1.29 is 0 Å². The number of hydrogen-bond acceptors (Lipinski definition) is 1. The van der Waals surface area contributed by atoms with Gasteiger partial charge in [0.1, 0.15) is 5.84 Å². The van der Waals surface area contributed by atoms with Gasteiger partial charge in [-0.1, -0.05) is 119 Å². The molecule has 2 atom stereocenters. The van der Waals surface area contributed by atoms with Gasteiger partial charge in [-0.15, -0.1) is 0 Å². The molecule has 0 fully saturated rings. The Hall–Kier alpha value is -2.96. The van der Waals surface area contributed by atoms with Gasteiger partial charge in [0.05, 0.1) is 5.69 Å². The molecule has 2 unspecified atom stereocenters. The monoisotopic (exact) mass is 494 g/mol. The van der Waals surface area contributed by atoms with Crippen LogP contribution >= 0.6 is 8.07 Å². The molecule has 3 heteroatoms. The maximum Gasteiger partial charge on any atom is 0.137 e. The maximum absolute atomic E-state index is 5.30. The summed E-state index contributed by atoms with van der Waals surface area (Å²) in [5, 5.41) is 6.76. The van der Waals surface area contributed by atoms with Crippen LogP contribution in [0.25, 0.3) is 0 Å². The lowest BCUT2D eigenvalue weighted by atomic mass is 9.86. The van der Waals surface area contributed by atoms with Crippen LogP contribution in [0.3, 0.4) is 0 Å². The highest BCUT2D eigenvalue weighted by Gasteiger charge is 2.23.